The van der Waals surface area contributed by atoms with Gasteiger partial charge in [0.25, 0.3) is 0 Å². The Hall–Kier alpha value is -2.75. The molecule has 1 N–H and O–H groups in total. The lowest BCUT2D eigenvalue weighted by Gasteiger charge is -2.40. The molecule has 51 heavy (non-hydrogen) atoms. The fourth-order valence-electron chi connectivity index (χ4n) is 8.21. The summed E-state index contributed by atoms with van der Waals surface area (Å²) in [5, 5.41) is 5.62. The molecule has 282 valence electrons. The van der Waals surface area contributed by atoms with Crippen LogP contribution in [0.4, 0.5) is 27.8 Å². The maximum absolute atomic E-state index is 11.5. The van der Waals surface area contributed by atoms with E-state index in [0.29, 0.717) is 0 Å². The lowest BCUT2D eigenvalue weighted by molar-refractivity contribution is 0.222. The summed E-state index contributed by atoms with van der Waals surface area (Å²) in [6, 6.07) is 8.05. The van der Waals surface area contributed by atoms with Gasteiger partial charge >= 0.3 is 0 Å². The molecule has 0 atom stereocenters. The van der Waals surface area contributed by atoms with Gasteiger partial charge in [-0.1, -0.05) is 12.1 Å². The molecular weight excluding hydrogens is 701 g/mol. The highest BCUT2D eigenvalue weighted by Gasteiger charge is 2.31. The van der Waals surface area contributed by atoms with Crippen molar-refractivity contribution in [2.24, 2.45) is 23.7 Å². The van der Waals surface area contributed by atoms with Crippen molar-refractivity contribution in [3.63, 3.8) is 0 Å². The van der Waals surface area contributed by atoms with Gasteiger partial charge in [0.15, 0.2) is 9.84 Å². The van der Waals surface area contributed by atoms with E-state index < -0.39 is 9.84 Å². The zero-order chi connectivity index (χ0) is 36.0. The second-order valence-corrected chi connectivity index (χ2v) is 18.9. The fourth-order valence-corrected chi connectivity index (χ4v) is 10.6. The zero-order valence-electron chi connectivity index (χ0n) is 31.2. The van der Waals surface area contributed by atoms with E-state index in [0.717, 1.165) is 90.7 Å². The summed E-state index contributed by atoms with van der Waals surface area (Å²) >= 11 is 3.04. The largest absolute Gasteiger partial charge is 0.372 e. The van der Waals surface area contributed by atoms with Gasteiger partial charge in [0.2, 0.25) is 22.2 Å². The summed E-state index contributed by atoms with van der Waals surface area (Å²) in [7, 11) is 4.97. The second-order valence-electron chi connectivity index (χ2n) is 15.3. The molecule has 12 nitrogen and oxygen atoms in total. The Labute approximate surface area is 313 Å². The monoisotopic (exact) mass is 758 g/mol. The normalized spacial score (nSPS) is 20.3. The molecule has 0 unspecified atom stereocenters. The number of nitrogens with one attached hydrogen (secondary N) is 1. The highest BCUT2D eigenvalue weighted by Crippen LogP contribution is 2.36. The molecule has 7 rings (SSSR count). The number of hydrogen-bond donors (Lipinski definition) is 1. The average molecular weight is 759 g/mol. The number of sulfone groups is 1. The summed E-state index contributed by atoms with van der Waals surface area (Å²) in [5.41, 5.74) is 2.07. The number of benzene rings is 1. The minimum Gasteiger partial charge on any atom is -0.372 e. The van der Waals surface area contributed by atoms with Crippen LogP contribution in [0.2, 0.25) is 0 Å². The van der Waals surface area contributed by atoms with Crippen LogP contribution < -0.4 is 29.8 Å². The molecule has 15 heteroatoms. The summed E-state index contributed by atoms with van der Waals surface area (Å²) in [6.45, 7) is 9.05. The van der Waals surface area contributed by atoms with Gasteiger partial charge in [0, 0.05) is 102 Å². The predicted molar refractivity (Wildman–Crippen MR) is 214 cm³/mol. The Morgan fingerprint density at radius 1 is 0.647 bits per heavy atom. The highest BCUT2D eigenvalue weighted by molar-refractivity contribution is 7.89. The van der Waals surface area contributed by atoms with Crippen LogP contribution in [0.15, 0.2) is 24.3 Å². The molecule has 0 aliphatic carbocycles. The minimum absolute atomic E-state index is 0.113. The topological polar surface area (TPSA) is 114 Å². The van der Waals surface area contributed by atoms with Crippen molar-refractivity contribution in [1.29, 1.82) is 0 Å². The first-order chi connectivity index (χ1) is 24.5. The fraction of sp³-hybridized carbons (Fsp3) is 0.722. The van der Waals surface area contributed by atoms with E-state index in [2.05, 4.69) is 50.9 Å². The van der Waals surface area contributed by atoms with E-state index in [1.807, 2.05) is 50.1 Å². The molecule has 4 saturated heterocycles. The molecule has 6 heterocycles. The van der Waals surface area contributed by atoms with Crippen molar-refractivity contribution in [2.45, 2.75) is 57.1 Å². The third-order valence-corrected chi connectivity index (χ3v) is 13.6. The van der Waals surface area contributed by atoms with E-state index in [9.17, 15) is 8.42 Å². The number of hydrogen-bond acceptors (Lipinski definition) is 14. The first-order valence-corrected chi connectivity index (χ1v) is 22.4. The third kappa shape index (κ3) is 10.4. The van der Waals surface area contributed by atoms with Gasteiger partial charge in [-0.3, -0.25) is 0 Å². The summed E-state index contributed by atoms with van der Waals surface area (Å²) in [4.78, 5) is 20.5. The molecule has 4 aliphatic rings. The van der Waals surface area contributed by atoms with Gasteiger partial charge in [-0.05, 0) is 106 Å². The molecule has 1 aromatic carbocycles. The standard InChI is InChI=1S/C22H33N5O2S2.C14H25N5S/c1-25(2)21-23-22(30-24-21)27-14-10-19(11-15-27)18-8-12-26(13-9-18)20-6-4-17(5-7-20)16-31(3,28)29;1-18(2)13-16-14(20-17-13)19-9-5-12(6-10-19)11-3-7-15-8-4-11/h4-7,18-19H,8-16H2,1-3H3;11-12,15H,3-10H2,1-2H3. The van der Waals surface area contributed by atoms with Gasteiger partial charge in [0.1, 0.15) is 0 Å². The van der Waals surface area contributed by atoms with Crippen molar-refractivity contribution in [3.8, 4) is 0 Å². The molecule has 0 spiro atoms. The van der Waals surface area contributed by atoms with Crippen molar-refractivity contribution in [1.82, 2.24) is 24.0 Å². The van der Waals surface area contributed by atoms with E-state index in [1.54, 1.807) is 0 Å². The van der Waals surface area contributed by atoms with Gasteiger partial charge in [-0.25, -0.2) is 8.42 Å². The van der Waals surface area contributed by atoms with Crippen molar-refractivity contribution in [3.05, 3.63) is 29.8 Å². The van der Waals surface area contributed by atoms with Crippen LogP contribution >= 0.6 is 23.1 Å². The van der Waals surface area contributed by atoms with E-state index in [1.165, 1.54) is 99.5 Å². The van der Waals surface area contributed by atoms with Crippen molar-refractivity contribution < 1.29 is 8.42 Å². The van der Waals surface area contributed by atoms with Crippen LogP contribution in [0.5, 0.6) is 0 Å². The van der Waals surface area contributed by atoms with Crippen LogP contribution in [-0.4, -0.2) is 114 Å². The van der Waals surface area contributed by atoms with Gasteiger partial charge in [-0.15, -0.1) is 0 Å². The van der Waals surface area contributed by atoms with E-state index >= 15 is 0 Å². The lowest BCUT2D eigenvalue weighted by atomic mass is 9.79. The Morgan fingerprint density at radius 2 is 1.04 bits per heavy atom. The number of aromatic nitrogens is 4. The molecular formula is C36H58N10O2S3. The van der Waals surface area contributed by atoms with Crippen LogP contribution in [-0.2, 0) is 15.6 Å². The molecule has 4 fully saturated rings. The quantitative estimate of drug-likeness (QED) is 0.313. The number of anilines is 5. The number of rotatable bonds is 9. The molecule has 0 saturated carbocycles. The summed E-state index contributed by atoms with van der Waals surface area (Å²) in [5.74, 6) is 5.23. The van der Waals surface area contributed by atoms with Crippen LogP contribution in [0.3, 0.4) is 0 Å². The second kappa shape index (κ2) is 17.4. The van der Waals surface area contributed by atoms with E-state index in [4.69, 9.17) is 0 Å². The van der Waals surface area contributed by atoms with Gasteiger partial charge in [-0.2, -0.15) is 18.7 Å². The van der Waals surface area contributed by atoms with E-state index in [-0.39, 0.29) is 5.75 Å². The lowest BCUT2D eigenvalue weighted by Crippen LogP contribution is -2.41. The molecule has 2 aromatic heterocycles. The van der Waals surface area contributed by atoms with Crippen LogP contribution in [0.25, 0.3) is 0 Å². The average Bonchev–Trinajstić information content (AvgIpc) is 3.84. The summed E-state index contributed by atoms with van der Waals surface area (Å²) < 4.78 is 31.8. The Balaban J connectivity index is 0.000000193. The molecule has 0 amide bonds. The van der Waals surface area contributed by atoms with Gasteiger partial charge < -0.3 is 29.8 Å². The van der Waals surface area contributed by atoms with Crippen molar-refractivity contribution in [2.75, 3.05) is 111 Å². The molecule has 4 aliphatic heterocycles. The SMILES string of the molecule is CN(C)c1nsc(N2CCC(C3CCN(c4ccc(CS(C)(=O)=O)cc4)CC3)CC2)n1.CN(C)c1nsc(N2CCC(C3CCNCC3)CC2)n1. The van der Waals surface area contributed by atoms with Gasteiger partial charge in [0.05, 0.1) is 5.75 Å². The smallest absolute Gasteiger partial charge is 0.238 e. The third-order valence-electron chi connectivity index (χ3n) is 11.2. The first kappa shape index (κ1) is 38.0. The minimum atomic E-state index is -2.99. The zero-order valence-corrected chi connectivity index (χ0v) is 33.7. The van der Waals surface area contributed by atoms with Crippen molar-refractivity contribution >= 4 is 60.7 Å². The predicted octanol–water partition coefficient (Wildman–Crippen LogP) is 5.10. The van der Waals surface area contributed by atoms with Crippen LogP contribution in [0.1, 0.15) is 56.9 Å². The molecule has 0 radical (unpaired) electrons. The Morgan fingerprint density at radius 3 is 1.41 bits per heavy atom. The molecule has 0 bridgehead atoms. The van der Waals surface area contributed by atoms with Crippen LogP contribution in [0, 0.1) is 23.7 Å². The number of piperidine rings is 4. The highest BCUT2D eigenvalue weighted by atomic mass is 32.2. The first-order valence-electron chi connectivity index (χ1n) is 18.8. The number of nitrogens with zero attached hydrogens (tertiary/aromatic N) is 9. The molecule has 3 aromatic rings. The Kier molecular flexibility index (Phi) is 12.9. The summed E-state index contributed by atoms with van der Waals surface area (Å²) in [6.07, 6.45) is 11.6. The maximum Gasteiger partial charge on any atom is 0.238 e. The Bertz CT molecular complexity index is 1600. The maximum atomic E-state index is 11.5.